The van der Waals surface area contributed by atoms with Crippen LogP contribution in [0.15, 0.2) is 0 Å². The molecule has 0 amide bonds. The summed E-state index contributed by atoms with van der Waals surface area (Å²) >= 11 is 1.54. The largest absolute Gasteiger partial charge is 0.481 e. The number of aliphatic carboxylic acids is 1. The minimum absolute atomic E-state index is 0.0575. The zero-order valence-corrected chi connectivity index (χ0v) is 14.6. The van der Waals surface area contributed by atoms with Crippen LogP contribution in [0.5, 0.6) is 0 Å². The summed E-state index contributed by atoms with van der Waals surface area (Å²) in [6, 6.07) is 0. The molecule has 1 N–H and O–H groups in total. The van der Waals surface area contributed by atoms with E-state index in [-0.39, 0.29) is 12.4 Å². The number of unbranched alkanes of at least 4 members (excludes halogenated alkanes) is 1. The Morgan fingerprint density at radius 3 is 2.45 bits per heavy atom. The van der Waals surface area contributed by atoms with Gasteiger partial charge in [0.1, 0.15) is 5.00 Å². The fraction of sp³-hybridized carbons (Fsp3) is 0.625. The van der Waals surface area contributed by atoms with E-state index in [4.69, 9.17) is 9.84 Å². The van der Waals surface area contributed by atoms with Crippen molar-refractivity contribution >= 4 is 28.3 Å². The van der Waals surface area contributed by atoms with Crippen LogP contribution >= 0.6 is 11.3 Å². The first-order chi connectivity index (χ1) is 10.4. The Labute approximate surface area is 135 Å². The fourth-order valence-electron chi connectivity index (χ4n) is 2.17. The van der Waals surface area contributed by atoms with Crippen LogP contribution in [0, 0.1) is 13.8 Å². The molecular weight excluding hydrogens is 302 g/mol. The molecule has 1 aromatic rings. The van der Waals surface area contributed by atoms with Gasteiger partial charge in [-0.05, 0) is 32.8 Å². The summed E-state index contributed by atoms with van der Waals surface area (Å²) in [5.41, 5.74) is 1.51. The Balaban J connectivity index is 3.13. The molecule has 1 rings (SSSR count). The van der Waals surface area contributed by atoms with Crippen molar-refractivity contribution in [3.05, 3.63) is 16.0 Å². The van der Waals surface area contributed by atoms with Gasteiger partial charge in [0.2, 0.25) is 0 Å². The minimum Gasteiger partial charge on any atom is -0.481 e. The van der Waals surface area contributed by atoms with Crippen molar-refractivity contribution in [2.45, 2.75) is 47.0 Å². The minimum atomic E-state index is -0.829. The highest BCUT2D eigenvalue weighted by atomic mass is 32.1. The van der Waals surface area contributed by atoms with Gasteiger partial charge in [-0.1, -0.05) is 13.3 Å². The Bertz CT molecular complexity index is 524. The van der Waals surface area contributed by atoms with Crippen molar-refractivity contribution < 1.29 is 19.4 Å². The first-order valence-corrected chi connectivity index (χ1v) is 8.47. The molecule has 5 nitrogen and oxygen atoms in total. The summed E-state index contributed by atoms with van der Waals surface area (Å²) < 4.78 is 5.17. The van der Waals surface area contributed by atoms with E-state index >= 15 is 0 Å². The lowest BCUT2D eigenvalue weighted by atomic mass is 10.1. The second kappa shape index (κ2) is 8.78. The number of carbonyl (C=O) groups is 2. The lowest BCUT2D eigenvalue weighted by Gasteiger charge is -2.23. The van der Waals surface area contributed by atoms with Crippen LogP contribution in [-0.2, 0) is 9.53 Å². The second-order valence-electron chi connectivity index (χ2n) is 5.17. The molecule has 1 aromatic heterocycles. The number of aryl methyl sites for hydroxylation is 1. The monoisotopic (exact) mass is 327 g/mol. The normalized spacial score (nSPS) is 10.5. The number of carbonyl (C=O) groups excluding carboxylic acids is 1. The molecule has 0 aromatic carbocycles. The van der Waals surface area contributed by atoms with Crippen LogP contribution in [0.25, 0.3) is 0 Å². The van der Waals surface area contributed by atoms with E-state index in [0.29, 0.717) is 18.7 Å². The number of hydrogen-bond acceptors (Lipinski definition) is 5. The molecule has 0 fully saturated rings. The molecule has 0 aliphatic rings. The van der Waals surface area contributed by atoms with Gasteiger partial charge in [-0.15, -0.1) is 11.3 Å². The van der Waals surface area contributed by atoms with Gasteiger partial charge >= 0.3 is 11.9 Å². The summed E-state index contributed by atoms with van der Waals surface area (Å²) in [7, 11) is 0. The molecular formula is C16H25NO4S. The Kier molecular flexibility index (Phi) is 7.38. The molecule has 0 aliphatic heterocycles. The fourth-order valence-corrected chi connectivity index (χ4v) is 3.37. The molecule has 0 saturated carbocycles. The molecule has 6 heteroatoms. The molecule has 0 aliphatic carbocycles. The smallest absolute Gasteiger partial charge is 0.341 e. The van der Waals surface area contributed by atoms with E-state index in [0.717, 1.165) is 34.8 Å². The Morgan fingerprint density at radius 2 is 1.91 bits per heavy atom. The molecule has 1 heterocycles. The predicted octanol–water partition coefficient (Wildman–Crippen LogP) is 3.62. The number of nitrogens with zero attached hydrogens (tertiary/aromatic N) is 1. The molecule has 0 spiro atoms. The van der Waals surface area contributed by atoms with Gasteiger partial charge in [-0.3, -0.25) is 4.79 Å². The predicted molar refractivity (Wildman–Crippen MR) is 89.1 cm³/mol. The van der Waals surface area contributed by atoms with Crippen LogP contribution in [0.4, 0.5) is 5.00 Å². The average Bonchev–Trinajstić information content (AvgIpc) is 2.75. The van der Waals surface area contributed by atoms with Crippen molar-refractivity contribution in [2.24, 2.45) is 0 Å². The lowest BCUT2D eigenvalue weighted by molar-refractivity contribution is -0.136. The average molecular weight is 327 g/mol. The third-order valence-corrected chi connectivity index (χ3v) is 4.78. The highest BCUT2D eigenvalue weighted by Gasteiger charge is 2.24. The summed E-state index contributed by atoms with van der Waals surface area (Å²) in [4.78, 5) is 26.2. The topological polar surface area (TPSA) is 66.8 Å². The lowest BCUT2D eigenvalue weighted by Crippen LogP contribution is -2.28. The quantitative estimate of drug-likeness (QED) is 0.702. The van der Waals surface area contributed by atoms with E-state index in [1.54, 1.807) is 6.92 Å². The van der Waals surface area contributed by atoms with Crippen LogP contribution in [0.1, 0.15) is 53.9 Å². The molecule has 22 heavy (non-hydrogen) atoms. The molecule has 0 unspecified atom stereocenters. The second-order valence-corrected chi connectivity index (χ2v) is 6.37. The number of rotatable bonds is 9. The Morgan fingerprint density at radius 1 is 1.23 bits per heavy atom. The summed E-state index contributed by atoms with van der Waals surface area (Å²) in [5, 5.41) is 9.78. The van der Waals surface area contributed by atoms with E-state index in [9.17, 15) is 9.59 Å². The van der Waals surface area contributed by atoms with Crippen LogP contribution in [0.3, 0.4) is 0 Å². The molecule has 124 valence electrons. The van der Waals surface area contributed by atoms with Crippen molar-refractivity contribution in [1.29, 1.82) is 0 Å². The van der Waals surface area contributed by atoms with E-state index in [2.05, 4.69) is 6.92 Å². The van der Waals surface area contributed by atoms with Gasteiger partial charge in [0.25, 0.3) is 0 Å². The van der Waals surface area contributed by atoms with E-state index < -0.39 is 5.97 Å². The van der Waals surface area contributed by atoms with Crippen molar-refractivity contribution in [2.75, 3.05) is 24.6 Å². The number of hydrogen-bond donors (Lipinski definition) is 1. The maximum absolute atomic E-state index is 12.3. The number of esters is 1. The number of carboxylic acids is 1. The van der Waals surface area contributed by atoms with Gasteiger partial charge in [-0.25, -0.2) is 4.79 Å². The van der Waals surface area contributed by atoms with Gasteiger partial charge in [-0.2, -0.15) is 0 Å². The first kappa shape index (κ1) is 18.5. The van der Waals surface area contributed by atoms with Gasteiger partial charge in [0.05, 0.1) is 18.6 Å². The third-order valence-electron chi connectivity index (χ3n) is 3.51. The summed E-state index contributed by atoms with van der Waals surface area (Å²) in [5.74, 6) is -1.15. The van der Waals surface area contributed by atoms with E-state index in [1.807, 2.05) is 18.7 Å². The van der Waals surface area contributed by atoms with Gasteiger partial charge in [0.15, 0.2) is 0 Å². The van der Waals surface area contributed by atoms with Crippen LogP contribution < -0.4 is 4.90 Å². The number of carboxylic acid groups (broad SMARTS) is 1. The highest BCUT2D eigenvalue weighted by molar-refractivity contribution is 7.16. The van der Waals surface area contributed by atoms with Crippen molar-refractivity contribution in [3.8, 4) is 0 Å². The third kappa shape index (κ3) is 4.73. The molecule has 0 saturated heterocycles. The standard InChI is InChI=1S/C16H25NO4S/c1-5-7-9-17(10-8-13(18)19)15-14(16(20)21-6-2)11(3)12(4)22-15/h5-10H2,1-4H3,(H,18,19). The first-order valence-electron chi connectivity index (χ1n) is 7.66. The zero-order valence-electron chi connectivity index (χ0n) is 13.8. The molecule has 0 radical (unpaired) electrons. The summed E-state index contributed by atoms with van der Waals surface area (Å²) in [6.07, 6.45) is 2.03. The van der Waals surface area contributed by atoms with Crippen molar-refractivity contribution in [3.63, 3.8) is 0 Å². The summed E-state index contributed by atoms with van der Waals surface area (Å²) in [6.45, 7) is 9.24. The molecule has 0 atom stereocenters. The number of thiophene rings is 1. The van der Waals surface area contributed by atoms with Gasteiger partial charge < -0.3 is 14.7 Å². The molecule has 0 bridgehead atoms. The maximum atomic E-state index is 12.3. The van der Waals surface area contributed by atoms with Crippen LogP contribution in [0.2, 0.25) is 0 Å². The Hall–Kier alpha value is -1.56. The van der Waals surface area contributed by atoms with Crippen molar-refractivity contribution in [1.82, 2.24) is 0 Å². The number of anilines is 1. The SMILES string of the molecule is CCCCN(CCC(=O)O)c1sc(C)c(C)c1C(=O)OCC. The highest BCUT2D eigenvalue weighted by Crippen LogP contribution is 2.36. The van der Waals surface area contributed by atoms with Crippen LogP contribution in [-0.4, -0.2) is 36.7 Å². The number of ether oxygens (including phenoxy) is 1. The van der Waals surface area contributed by atoms with E-state index in [1.165, 1.54) is 11.3 Å². The van der Waals surface area contributed by atoms with Gasteiger partial charge in [0, 0.05) is 18.0 Å². The maximum Gasteiger partial charge on any atom is 0.341 e. The zero-order chi connectivity index (χ0) is 16.7.